The lowest BCUT2D eigenvalue weighted by Crippen LogP contribution is -2.18. The van der Waals surface area contributed by atoms with E-state index in [0.717, 1.165) is 24.0 Å². The summed E-state index contributed by atoms with van der Waals surface area (Å²) < 4.78 is 40.0. The van der Waals surface area contributed by atoms with Gasteiger partial charge in [-0.1, -0.05) is 44.8 Å². The lowest BCUT2D eigenvalue weighted by atomic mass is 9.90. The van der Waals surface area contributed by atoms with E-state index in [2.05, 4.69) is 10.3 Å². The molecule has 0 aliphatic carbocycles. The molecule has 1 aliphatic rings. The zero-order valence-electron chi connectivity index (χ0n) is 12.0. The smallest absolute Gasteiger partial charge is 0.307 e. The molecular formula is C14H13F3N2OS2. The third-order valence-electron chi connectivity index (χ3n) is 2.94. The first-order chi connectivity index (χ1) is 9.98. The van der Waals surface area contributed by atoms with E-state index in [-0.39, 0.29) is 14.8 Å². The van der Waals surface area contributed by atoms with Gasteiger partial charge in [0.15, 0.2) is 0 Å². The van der Waals surface area contributed by atoms with Crippen molar-refractivity contribution in [2.24, 2.45) is 0 Å². The molecule has 0 aromatic carbocycles. The minimum Gasteiger partial charge on any atom is -0.307 e. The molecule has 0 bridgehead atoms. The van der Waals surface area contributed by atoms with Gasteiger partial charge in [0, 0.05) is 22.9 Å². The average molecular weight is 346 g/mol. The predicted octanol–water partition coefficient (Wildman–Crippen LogP) is 3.89. The van der Waals surface area contributed by atoms with Crippen LogP contribution >= 0.6 is 24.0 Å². The van der Waals surface area contributed by atoms with Crippen LogP contribution in [0, 0.1) is 0 Å². The first-order valence-electron chi connectivity index (χ1n) is 6.31. The van der Waals surface area contributed by atoms with E-state index >= 15 is 0 Å². The maximum Gasteiger partial charge on any atom is 0.417 e. The number of amides is 1. The van der Waals surface area contributed by atoms with E-state index in [1.165, 1.54) is 6.08 Å². The molecule has 2 heterocycles. The molecule has 8 heteroatoms. The number of nitrogens with zero attached hydrogens (tertiary/aromatic N) is 1. The van der Waals surface area contributed by atoms with Gasteiger partial charge in [-0.3, -0.25) is 9.78 Å². The molecule has 1 amide bonds. The van der Waals surface area contributed by atoms with Crippen molar-refractivity contribution in [2.45, 2.75) is 32.4 Å². The highest BCUT2D eigenvalue weighted by molar-refractivity contribution is 8.26. The van der Waals surface area contributed by atoms with Crippen molar-refractivity contribution in [1.82, 2.24) is 10.3 Å². The number of halogens is 3. The third-order valence-corrected chi connectivity index (χ3v) is 4.10. The van der Waals surface area contributed by atoms with Gasteiger partial charge in [-0.15, -0.1) is 0 Å². The number of hydrogen-bond acceptors (Lipinski definition) is 4. The molecule has 1 saturated heterocycles. The zero-order valence-corrected chi connectivity index (χ0v) is 13.7. The van der Waals surface area contributed by atoms with Crippen LogP contribution in [0.15, 0.2) is 17.2 Å². The molecule has 0 radical (unpaired) electrons. The summed E-state index contributed by atoms with van der Waals surface area (Å²) in [6, 6.07) is 1.03. The van der Waals surface area contributed by atoms with Crippen LogP contribution in [-0.4, -0.2) is 15.2 Å². The van der Waals surface area contributed by atoms with Gasteiger partial charge in [-0.25, -0.2) is 0 Å². The monoisotopic (exact) mass is 346 g/mol. The van der Waals surface area contributed by atoms with Gasteiger partial charge in [0.05, 0.1) is 10.5 Å². The summed E-state index contributed by atoms with van der Waals surface area (Å²) in [6.07, 6.45) is -2.22. The van der Waals surface area contributed by atoms with Crippen LogP contribution in [0.2, 0.25) is 0 Å². The Hall–Kier alpha value is -1.41. The van der Waals surface area contributed by atoms with Crippen LogP contribution in [0.1, 0.15) is 37.6 Å². The number of nitrogens with one attached hydrogen (secondary N) is 1. The second-order valence-electron chi connectivity index (χ2n) is 5.76. The average Bonchev–Trinajstić information content (AvgIpc) is 2.65. The summed E-state index contributed by atoms with van der Waals surface area (Å²) >= 11 is 5.75. The van der Waals surface area contributed by atoms with Crippen LogP contribution in [0.25, 0.3) is 6.08 Å². The summed E-state index contributed by atoms with van der Waals surface area (Å²) in [5.74, 6) is -0.497. The number of aromatic nitrogens is 1. The normalized spacial score (nSPS) is 18.0. The Bertz CT molecular complexity index is 676. The van der Waals surface area contributed by atoms with Crippen molar-refractivity contribution in [3.05, 3.63) is 34.0 Å². The van der Waals surface area contributed by atoms with E-state index < -0.39 is 23.1 Å². The fraction of sp³-hybridized carbons (Fsp3) is 0.357. The number of hydrogen-bond donors (Lipinski definition) is 1. The minimum absolute atomic E-state index is 0.126. The first-order valence-corrected chi connectivity index (χ1v) is 7.53. The lowest BCUT2D eigenvalue weighted by Gasteiger charge is -2.20. The number of carbonyl (C=O) groups is 1. The second kappa shape index (κ2) is 5.66. The van der Waals surface area contributed by atoms with E-state index in [4.69, 9.17) is 12.2 Å². The number of thioether (sulfide) groups is 1. The molecule has 118 valence electrons. The molecule has 1 aromatic rings. The molecule has 22 heavy (non-hydrogen) atoms. The van der Waals surface area contributed by atoms with Crippen LogP contribution in [-0.2, 0) is 16.4 Å². The highest BCUT2D eigenvalue weighted by Crippen LogP contribution is 2.36. The Labute approximate surface area is 135 Å². The Morgan fingerprint density at radius 2 is 1.95 bits per heavy atom. The van der Waals surface area contributed by atoms with Gasteiger partial charge >= 0.3 is 6.18 Å². The number of alkyl halides is 3. The number of carbonyl (C=O) groups excluding carboxylic acids is 1. The van der Waals surface area contributed by atoms with E-state index in [9.17, 15) is 18.0 Å². The molecule has 3 nitrogen and oxygen atoms in total. The molecule has 0 atom stereocenters. The van der Waals surface area contributed by atoms with E-state index in [1.807, 2.05) is 0 Å². The number of rotatable bonds is 1. The summed E-state index contributed by atoms with van der Waals surface area (Å²) in [6.45, 7) is 5.35. The molecule has 1 N–H and O–H groups in total. The highest BCUT2D eigenvalue weighted by Gasteiger charge is 2.35. The van der Waals surface area contributed by atoms with Gasteiger partial charge in [0.25, 0.3) is 5.91 Å². The number of thiocarbonyl (C=S) groups is 1. The lowest BCUT2D eigenvalue weighted by molar-refractivity contribution is -0.137. The van der Waals surface area contributed by atoms with Crippen molar-refractivity contribution in [1.29, 1.82) is 0 Å². The summed E-state index contributed by atoms with van der Waals surface area (Å²) in [5, 5.41) is 2.37. The van der Waals surface area contributed by atoms with Crippen LogP contribution in [0.4, 0.5) is 13.2 Å². The molecule has 0 saturated carbocycles. The van der Waals surface area contributed by atoms with Gasteiger partial charge in [0.1, 0.15) is 4.32 Å². The van der Waals surface area contributed by atoms with Gasteiger partial charge < -0.3 is 5.32 Å². The van der Waals surface area contributed by atoms with E-state index in [1.54, 1.807) is 20.8 Å². The largest absolute Gasteiger partial charge is 0.417 e. The standard InChI is InChI=1S/C14H13F3N2OS2/c1-13(2,3)10-5-8(14(15,16)17)7(6-18-10)4-9-11(20)19-12(21)22-9/h4-6H,1-3H3,(H,19,20,21). The third kappa shape index (κ3) is 3.67. The summed E-state index contributed by atoms with van der Waals surface area (Å²) in [7, 11) is 0. The summed E-state index contributed by atoms with van der Waals surface area (Å²) in [5.41, 5.74) is -1.14. The molecular weight excluding hydrogens is 333 g/mol. The predicted molar refractivity (Wildman–Crippen MR) is 84.2 cm³/mol. The molecule has 0 unspecified atom stereocenters. The highest BCUT2D eigenvalue weighted by atomic mass is 32.2. The van der Waals surface area contributed by atoms with Gasteiger partial charge in [-0.2, -0.15) is 13.2 Å². The fourth-order valence-corrected chi connectivity index (χ4v) is 2.83. The second-order valence-corrected chi connectivity index (χ2v) is 7.48. The van der Waals surface area contributed by atoms with Crippen LogP contribution in [0.5, 0.6) is 0 Å². The molecule has 2 rings (SSSR count). The fourth-order valence-electron chi connectivity index (χ4n) is 1.80. The molecule has 1 aromatic heterocycles. The maximum atomic E-state index is 13.3. The zero-order chi connectivity index (χ0) is 16.7. The van der Waals surface area contributed by atoms with E-state index in [0.29, 0.717) is 5.69 Å². The molecule has 1 aliphatic heterocycles. The van der Waals surface area contributed by atoms with Gasteiger partial charge in [-0.05, 0) is 12.1 Å². The van der Waals surface area contributed by atoms with Crippen molar-refractivity contribution in [2.75, 3.05) is 0 Å². The van der Waals surface area contributed by atoms with Crippen LogP contribution in [0.3, 0.4) is 0 Å². The minimum atomic E-state index is -4.53. The van der Waals surface area contributed by atoms with Crippen molar-refractivity contribution in [3.63, 3.8) is 0 Å². The van der Waals surface area contributed by atoms with Crippen molar-refractivity contribution in [3.8, 4) is 0 Å². The maximum absolute atomic E-state index is 13.3. The molecule has 0 spiro atoms. The van der Waals surface area contributed by atoms with Crippen molar-refractivity contribution < 1.29 is 18.0 Å². The molecule has 1 fully saturated rings. The Morgan fingerprint density at radius 3 is 2.41 bits per heavy atom. The topological polar surface area (TPSA) is 42.0 Å². The number of pyridine rings is 1. The Kier molecular flexibility index (Phi) is 4.36. The SMILES string of the molecule is CC(C)(C)c1cc(C(F)(F)F)c(C=C2SC(=S)NC2=O)cn1. The Balaban J connectivity index is 2.55. The van der Waals surface area contributed by atoms with Gasteiger partial charge in [0.2, 0.25) is 0 Å². The first kappa shape index (κ1) is 17.0. The van der Waals surface area contributed by atoms with Crippen molar-refractivity contribution >= 4 is 40.3 Å². The quantitative estimate of drug-likeness (QED) is 0.619. The Morgan fingerprint density at radius 1 is 1.32 bits per heavy atom. The summed E-state index contributed by atoms with van der Waals surface area (Å²) in [4.78, 5) is 15.8. The van der Waals surface area contributed by atoms with Crippen LogP contribution < -0.4 is 5.32 Å².